The lowest BCUT2D eigenvalue weighted by molar-refractivity contribution is -0.137. The lowest BCUT2D eigenvalue weighted by Crippen LogP contribution is -2.05. The molecular weight excluding hydrogens is 371 g/mol. The highest BCUT2D eigenvalue weighted by Gasteiger charge is 2.41. The molecule has 0 spiro atoms. The van der Waals surface area contributed by atoms with Crippen LogP contribution in [0.2, 0.25) is 0 Å². The van der Waals surface area contributed by atoms with Crippen LogP contribution in [0.5, 0.6) is 5.75 Å². The van der Waals surface area contributed by atoms with Gasteiger partial charge in [-0.3, -0.25) is 0 Å². The molecule has 138 valence electrons. The largest absolute Gasteiger partial charge is 0.497 e. The maximum atomic E-state index is 13.0. The summed E-state index contributed by atoms with van der Waals surface area (Å²) in [6.07, 6.45) is -3.13. The second-order valence-corrected chi connectivity index (χ2v) is 7.89. The van der Waals surface area contributed by atoms with E-state index in [4.69, 9.17) is 4.74 Å². The molecule has 1 heterocycles. The van der Waals surface area contributed by atoms with Crippen molar-refractivity contribution in [3.8, 4) is 11.8 Å². The molecule has 2 aromatic carbocycles. The van der Waals surface area contributed by atoms with Crippen molar-refractivity contribution in [1.29, 1.82) is 5.26 Å². The van der Waals surface area contributed by atoms with Gasteiger partial charge in [-0.2, -0.15) is 18.4 Å². The van der Waals surface area contributed by atoms with Gasteiger partial charge in [0.2, 0.25) is 0 Å². The molecule has 6 heteroatoms. The first-order valence-electron chi connectivity index (χ1n) is 8.55. The summed E-state index contributed by atoms with van der Waals surface area (Å²) in [6.45, 7) is 0. The van der Waals surface area contributed by atoms with E-state index in [1.165, 1.54) is 12.1 Å². The Kier molecular flexibility index (Phi) is 4.35. The lowest BCUT2D eigenvalue weighted by Gasteiger charge is -2.09. The van der Waals surface area contributed by atoms with Gasteiger partial charge in [0.1, 0.15) is 5.75 Å². The number of methoxy groups -OCH3 is 1. The van der Waals surface area contributed by atoms with Crippen LogP contribution in [0.4, 0.5) is 13.2 Å². The number of hydrogen-bond acceptors (Lipinski definition) is 3. The van der Waals surface area contributed by atoms with Gasteiger partial charge in [0.15, 0.2) is 0 Å². The van der Waals surface area contributed by atoms with Crippen molar-refractivity contribution in [2.75, 3.05) is 7.11 Å². The number of nitrogens with zero attached hydrogens (tertiary/aromatic N) is 1. The molecular formula is C21H16F3NOS. The van der Waals surface area contributed by atoms with Gasteiger partial charge in [0.05, 0.1) is 24.7 Å². The van der Waals surface area contributed by atoms with Gasteiger partial charge in [0, 0.05) is 21.9 Å². The van der Waals surface area contributed by atoms with Crippen molar-refractivity contribution in [3.63, 3.8) is 0 Å². The van der Waals surface area contributed by atoms with E-state index in [2.05, 4.69) is 6.07 Å². The van der Waals surface area contributed by atoms with E-state index in [9.17, 15) is 18.4 Å². The Morgan fingerprint density at radius 1 is 1.22 bits per heavy atom. The zero-order chi connectivity index (χ0) is 19.2. The smallest absolute Gasteiger partial charge is 0.416 e. The molecule has 0 N–H and O–H groups in total. The number of alkyl halides is 3. The first kappa shape index (κ1) is 17.9. The second kappa shape index (κ2) is 6.58. The summed E-state index contributed by atoms with van der Waals surface area (Å²) >= 11 is 1.59. The number of thiophene rings is 1. The first-order valence-corrected chi connectivity index (χ1v) is 9.37. The van der Waals surface area contributed by atoms with Crippen LogP contribution in [0.1, 0.15) is 33.9 Å². The number of hydrogen-bond donors (Lipinski definition) is 0. The zero-order valence-electron chi connectivity index (χ0n) is 14.5. The molecule has 0 radical (unpaired) electrons. The van der Waals surface area contributed by atoms with Gasteiger partial charge in [0.25, 0.3) is 0 Å². The molecule has 27 heavy (non-hydrogen) atoms. The maximum absolute atomic E-state index is 13.0. The molecule has 0 aliphatic heterocycles. The van der Waals surface area contributed by atoms with E-state index in [1.54, 1.807) is 24.5 Å². The van der Waals surface area contributed by atoms with Gasteiger partial charge < -0.3 is 4.74 Å². The van der Waals surface area contributed by atoms with Gasteiger partial charge >= 0.3 is 6.18 Å². The Morgan fingerprint density at radius 3 is 2.70 bits per heavy atom. The summed E-state index contributed by atoms with van der Waals surface area (Å²) in [5, 5.41) is 10.3. The van der Waals surface area contributed by atoms with E-state index in [-0.39, 0.29) is 11.8 Å². The van der Waals surface area contributed by atoms with Gasteiger partial charge in [-0.1, -0.05) is 18.2 Å². The number of halogens is 3. The summed E-state index contributed by atoms with van der Waals surface area (Å²) in [5.41, 5.74) is 1.09. The van der Waals surface area contributed by atoms with Gasteiger partial charge in [-0.25, -0.2) is 0 Å². The number of nitriles is 1. The van der Waals surface area contributed by atoms with Crippen LogP contribution in [0.25, 0.3) is 10.1 Å². The molecule has 1 saturated carbocycles. The Morgan fingerprint density at radius 2 is 2.04 bits per heavy atom. The van der Waals surface area contributed by atoms with Crippen LogP contribution in [0.3, 0.4) is 0 Å². The fraction of sp³-hybridized carbons (Fsp3) is 0.286. The molecule has 1 aromatic heterocycles. The van der Waals surface area contributed by atoms with Crippen molar-refractivity contribution in [2.24, 2.45) is 5.92 Å². The third kappa shape index (κ3) is 3.40. The van der Waals surface area contributed by atoms with Crippen molar-refractivity contribution >= 4 is 21.4 Å². The molecule has 1 aliphatic carbocycles. The predicted molar refractivity (Wildman–Crippen MR) is 99.1 cm³/mol. The van der Waals surface area contributed by atoms with E-state index in [0.29, 0.717) is 12.0 Å². The molecule has 2 atom stereocenters. The second-order valence-electron chi connectivity index (χ2n) is 6.75. The minimum atomic E-state index is -4.35. The third-order valence-corrected chi connectivity index (χ3v) is 6.14. The highest BCUT2D eigenvalue weighted by Crippen LogP contribution is 2.53. The topological polar surface area (TPSA) is 33.0 Å². The first-order chi connectivity index (χ1) is 12.9. The van der Waals surface area contributed by atoms with Crippen LogP contribution in [-0.2, 0) is 12.6 Å². The molecule has 0 bridgehead atoms. The molecule has 3 aromatic rings. The molecule has 4 rings (SSSR count). The van der Waals surface area contributed by atoms with E-state index in [0.717, 1.165) is 38.8 Å². The zero-order valence-corrected chi connectivity index (χ0v) is 15.3. The van der Waals surface area contributed by atoms with E-state index >= 15 is 0 Å². The van der Waals surface area contributed by atoms with Crippen LogP contribution in [0, 0.1) is 17.2 Å². The van der Waals surface area contributed by atoms with Gasteiger partial charge in [-0.05, 0) is 47.2 Å². The summed E-state index contributed by atoms with van der Waals surface area (Å²) in [4.78, 5) is 1.03. The Balaban J connectivity index is 1.78. The number of benzene rings is 2. The predicted octanol–water partition coefficient (Wildman–Crippen LogP) is 6.15. The summed E-state index contributed by atoms with van der Waals surface area (Å²) in [6, 6.07) is 13.6. The summed E-state index contributed by atoms with van der Waals surface area (Å²) in [5.74, 6) is 0.868. The number of fused-ring (bicyclic) bond motifs is 1. The summed E-state index contributed by atoms with van der Waals surface area (Å²) < 4.78 is 45.5. The van der Waals surface area contributed by atoms with E-state index in [1.807, 2.05) is 18.2 Å². The Bertz CT molecular complexity index is 1050. The molecule has 2 nitrogen and oxygen atoms in total. The van der Waals surface area contributed by atoms with Gasteiger partial charge in [-0.15, -0.1) is 11.3 Å². The molecule has 0 amide bonds. The summed E-state index contributed by atoms with van der Waals surface area (Å²) in [7, 11) is 1.60. The minimum Gasteiger partial charge on any atom is -0.497 e. The SMILES string of the molecule is COc1ccc2sc(Cc3cccc(C(F)(F)F)c3)c(C3CC3C#N)c2c1. The minimum absolute atomic E-state index is 0.0192. The highest BCUT2D eigenvalue weighted by molar-refractivity contribution is 7.19. The molecule has 0 saturated heterocycles. The monoisotopic (exact) mass is 387 g/mol. The molecule has 2 unspecified atom stereocenters. The van der Waals surface area contributed by atoms with E-state index < -0.39 is 11.7 Å². The Hall–Kier alpha value is -2.52. The van der Waals surface area contributed by atoms with Crippen molar-refractivity contribution < 1.29 is 17.9 Å². The van der Waals surface area contributed by atoms with Crippen LogP contribution in [0.15, 0.2) is 42.5 Å². The van der Waals surface area contributed by atoms with Crippen LogP contribution >= 0.6 is 11.3 Å². The standard InChI is InChI=1S/C21H16F3NOS/c1-26-15-5-6-18-17(10-15)20(16-9-13(16)11-25)19(27-18)8-12-3-2-4-14(7-12)21(22,23)24/h2-7,10,13,16H,8-9H2,1H3. The third-order valence-electron chi connectivity index (χ3n) is 4.96. The number of ether oxygens (including phenoxy) is 1. The Labute approximate surface area is 158 Å². The maximum Gasteiger partial charge on any atom is 0.416 e. The van der Waals surface area contributed by atoms with Crippen LogP contribution in [-0.4, -0.2) is 7.11 Å². The average molecular weight is 387 g/mol. The van der Waals surface area contributed by atoms with Crippen molar-refractivity contribution in [2.45, 2.75) is 24.9 Å². The van der Waals surface area contributed by atoms with Crippen LogP contribution < -0.4 is 4.74 Å². The van der Waals surface area contributed by atoms with Crippen molar-refractivity contribution in [1.82, 2.24) is 0 Å². The fourth-order valence-electron chi connectivity index (χ4n) is 3.51. The normalized spacial score (nSPS) is 19.1. The average Bonchev–Trinajstić information content (AvgIpc) is 3.34. The molecule has 1 fully saturated rings. The highest BCUT2D eigenvalue weighted by atomic mass is 32.1. The number of rotatable bonds is 4. The quantitative estimate of drug-likeness (QED) is 0.538. The molecule has 1 aliphatic rings. The fourth-order valence-corrected chi connectivity index (χ4v) is 4.80. The lowest BCUT2D eigenvalue weighted by atomic mass is 10.00. The van der Waals surface area contributed by atoms with Crippen molar-refractivity contribution in [3.05, 3.63) is 64.0 Å².